The largest absolute Gasteiger partial charge is 0.309 e. The molecule has 0 spiro atoms. The van der Waals surface area contributed by atoms with Crippen LogP contribution in [0.4, 0.5) is 17.1 Å². The lowest BCUT2D eigenvalue weighted by Crippen LogP contribution is -2.18. The summed E-state index contributed by atoms with van der Waals surface area (Å²) in [6.45, 7) is 9.58. The molecule has 2 aliphatic carbocycles. The molecule has 0 radical (unpaired) electrons. The Kier molecular flexibility index (Phi) is 7.18. The molecule has 8 aromatic carbocycles. The maximum absolute atomic E-state index is 2.59. The fraction of sp³-hybridized carbons (Fsp3) is 0.111. The van der Waals surface area contributed by atoms with Crippen LogP contribution in [0.15, 0.2) is 176 Å². The summed E-state index contributed by atoms with van der Waals surface area (Å²) in [6, 6.07) is 65.6. The first-order valence-corrected chi connectivity index (χ1v) is 20.5. The zero-order valence-electron chi connectivity index (χ0n) is 32.1. The van der Waals surface area contributed by atoms with Gasteiger partial charge in [0, 0.05) is 47.9 Å². The van der Waals surface area contributed by atoms with Gasteiger partial charge in [-0.1, -0.05) is 161 Å². The maximum Gasteiger partial charge on any atom is 0.0636 e. The van der Waals surface area contributed by atoms with E-state index in [1.807, 2.05) is 11.3 Å². The molecule has 2 heteroatoms. The molecule has 0 unspecified atom stereocenters. The average molecular weight is 736 g/mol. The van der Waals surface area contributed by atoms with E-state index in [1.54, 1.807) is 0 Å². The molecule has 0 bridgehead atoms. The molecule has 0 amide bonds. The van der Waals surface area contributed by atoms with Crippen molar-refractivity contribution < 1.29 is 0 Å². The van der Waals surface area contributed by atoms with Gasteiger partial charge in [-0.2, -0.15) is 0 Å². The van der Waals surface area contributed by atoms with Crippen LogP contribution < -0.4 is 4.90 Å². The smallest absolute Gasteiger partial charge is 0.0636 e. The fourth-order valence-corrected chi connectivity index (χ4v) is 10.9. The van der Waals surface area contributed by atoms with Gasteiger partial charge in [-0.25, -0.2) is 0 Å². The molecule has 1 aromatic heterocycles. The first-order chi connectivity index (χ1) is 27.3. The highest BCUT2D eigenvalue weighted by Gasteiger charge is 2.41. The Morgan fingerprint density at radius 2 is 0.929 bits per heavy atom. The summed E-state index contributed by atoms with van der Waals surface area (Å²) < 4.78 is 2.63. The lowest BCUT2D eigenvalue weighted by Gasteiger charge is -2.31. The van der Waals surface area contributed by atoms with E-state index in [1.165, 1.54) is 98.3 Å². The van der Waals surface area contributed by atoms with Gasteiger partial charge in [-0.15, -0.1) is 11.3 Å². The van der Waals surface area contributed by atoms with Crippen molar-refractivity contribution in [2.24, 2.45) is 0 Å². The van der Waals surface area contributed by atoms with Crippen molar-refractivity contribution >= 4 is 48.6 Å². The van der Waals surface area contributed by atoms with Crippen molar-refractivity contribution in [3.63, 3.8) is 0 Å². The molecule has 0 N–H and O–H groups in total. The molecular formula is C54H41NS. The SMILES string of the molecule is CC1(C)c2ccccc2-c2ccc(N(c3ccc(-c4ccccc4)cc3)c3c4c(cc5sc6ccc(-c7ccccc7)cc6c35)C(C)(C)c3ccccc3-4)cc21. The Bertz CT molecular complexity index is 3000. The van der Waals surface area contributed by atoms with Gasteiger partial charge >= 0.3 is 0 Å². The first-order valence-electron chi connectivity index (χ1n) is 19.7. The van der Waals surface area contributed by atoms with Crippen molar-refractivity contribution in [1.29, 1.82) is 0 Å². The minimum absolute atomic E-state index is 0.132. The molecule has 0 atom stereocenters. The summed E-state index contributed by atoms with van der Waals surface area (Å²) in [5.74, 6) is 0. The molecule has 0 aliphatic heterocycles. The minimum Gasteiger partial charge on any atom is -0.309 e. The summed E-state index contributed by atoms with van der Waals surface area (Å²) in [7, 11) is 0. The van der Waals surface area contributed by atoms with Crippen molar-refractivity contribution in [1.82, 2.24) is 0 Å². The van der Waals surface area contributed by atoms with Gasteiger partial charge in [0.1, 0.15) is 0 Å². The van der Waals surface area contributed by atoms with Gasteiger partial charge in [0.2, 0.25) is 0 Å². The third-order valence-corrected chi connectivity index (χ3v) is 13.8. The third kappa shape index (κ3) is 4.79. The van der Waals surface area contributed by atoms with E-state index in [2.05, 4.69) is 209 Å². The average Bonchev–Trinajstić information content (AvgIpc) is 3.81. The van der Waals surface area contributed by atoms with Crippen LogP contribution >= 0.6 is 11.3 Å². The van der Waals surface area contributed by atoms with Crippen LogP contribution in [0.3, 0.4) is 0 Å². The highest BCUT2D eigenvalue weighted by molar-refractivity contribution is 7.26. The summed E-state index contributed by atoms with van der Waals surface area (Å²) in [5, 5.41) is 2.61. The second kappa shape index (κ2) is 12.1. The third-order valence-electron chi connectivity index (χ3n) is 12.7. The van der Waals surface area contributed by atoms with Crippen LogP contribution in [-0.2, 0) is 10.8 Å². The second-order valence-corrected chi connectivity index (χ2v) is 17.6. The molecule has 0 saturated carbocycles. The number of anilines is 3. The Balaban J connectivity index is 1.25. The van der Waals surface area contributed by atoms with Crippen LogP contribution in [0, 0.1) is 0 Å². The maximum atomic E-state index is 2.59. The van der Waals surface area contributed by atoms with E-state index in [0.29, 0.717) is 0 Å². The molecule has 0 saturated heterocycles. The summed E-state index contributed by atoms with van der Waals surface area (Å²) in [4.78, 5) is 2.59. The van der Waals surface area contributed by atoms with Crippen molar-refractivity contribution in [3.05, 3.63) is 198 Å². The zero-order chi connectivity index (χ0) is 37.8. The van der Waals surface area contributed by atoms with E-state index in [9.17, 15) is 0 Å². The predicted molar refractivity (Wildman–Crippen MR) is 240 cm³/mol. The summed E-state index contributed by atoms with van der Waals surface area (Å²) in [5.41, 5.74) is 19.0. The Morgan fingerprint density at radius 3 is 1.64 bits per heavy atom. The molecule has 9 aromatic rings. The molecule has 2 aliphatic rings. The van der Waals surface area contributed by atoms with E-state index < -0.39 is 0 Å². The second-order valence-electron chi connectivity index (χ2n) is 16.5. The van der Waals surface area contributed by atoms with Crippen molar-refractivity contribution in [2.45, 2.75) is 38.5 Å². The Hall–Kier alpha value is -6.22. The van der Waals surface area contributed by atoms with Crippen LogP contribution in [-0.4, -0.2) is 0 Å². The molecule has 56 heavy (non-hydrogen) atoms. The molecular weight excluding hydrogens is 695 g/mol. The summed E-state index contributed by atoms with van der Waals surface area (Å²) >= 11 is 1.92. The normalized spacial score (nSPS) is 14.4. The molecule has 0 fully saturated rings. The lowest BCUT2D eigenvalue weighted by atomic mass is 9.82. The highest BCUT2D eigenvalue weighted by Crippen LogP contribution is 2.59. The van der Waals surface area contributed by atoms with Gasteiger partial charge in [0.25, 0.3) is 0 Å². The van der Waals surface area contributed by atoms with Crippen LogP contribution in [0.1, 0.15) is 49.9 Å². The monoisotopic (exact) mass is 735 g/mol. The number of fused-ring (bicyclic) bond motifs is 9. The number of nitrogens with zero attached hydrogens (tertiary/aromatic N) is 1. The number of thiophene rings is 1. The van der Waals surface area contributed by atoms with Gasteiger partial charge in [0.15, 0.2) is 0 Å². The van der Waals surface area contributed by atoms with Gasteiger partial charge in [0.05, 0.1) is 5.69 Å². The number of hydrogen-bond donors (Lipinski definition) is 0. The summed E-state index contributed by atoms with van der Waals surface area (Å²) in [6.07, 6.45) is 0. The Morgan fingerprint density at radius 1 is 0.393 bits per heavy atom. The lowest BCUT2D eigenvalue weighted by molar-refractivity contribution is 0.660. The number of benzene rings is 8. The molecule has 1 nitrogen and oxygen atoms in total. The first kappa shape index (κ1) is 33.1. The van der Waals surface area contributed by atoms with E-state index >= 15 is 0 Å². The molecule has 268 valence electrons. The standard InChI is InChI=1S/C54H41NS/c1-53(2)44-21-13-11-19-40(44)41-29-28-39(32-46(41)53)55(38-26-23-36(24-27-38)34-15-7-5-8-16-34)52-50-42-20-12-14-22-45(42)54(3,4)47(50)33-49-51(52)43-31-37(25-30-48(43)56-49)35-17-9-6-10-18-35/h5-33H,1-4H3. The van der Waals surface area contributed by atoms with Crippen LogP contribution in [0.25, 0.3) is 64.7 Å². The zero-order valence-corrected chi connectivity index (χ0v) is 32.9. The van der Waals surface area contributed by atoms with E-state index in [-0.39, 0.29) is 10.8 Å². The number of hydrogen-bond acceptors (Lipinski definition) is 2. The predicted octanol–water partition coefficient (Wildman–Crippen LogP) is 15.5. The van der Waals surface area contributed by atoms with Gasteiger partial charge in [-0.3, -0.25) is 0 Å². The van der Waals surface area contributed by atoms with Crippen LogP contribution in [0.5, 0.6) is 0 Å². The topological polar surface area (TPSA) is 3.24 Å². The quantitative estimate of drug-likeness (QED) is 0.170. The molecule has 1 heterocycles. The number of rotatable bonds is 5. The van der Waals surface area contributed by atoms with Crippen molar-refractivity contribution in [3.8, 4) is 44.5 Å². The van der Waals surface area contributed by atoms with E-state index in [4.69, 9.17) is 0 Å². The highest BCUT2D eigenvalue weighted by atomic mass is 32.1. The minimum atomic E-state index is -0.162. The Labute approximate surface area is 333 Å². The molecule has 11 rings (SSSR count). The van der Waals surface area contributed by atoms with Crippen molar-refractivity contribution in [2.75, 3.05) is 4.90 Å². The van der Waals surface area contributed by atoms with Gasteiger partial charge < -0.3 is 4.90 Å². The van der Waals surface area contributed by atoms with Crippen LogP contribution in [0.2, 0.25) is 0 Å². The van der Waals surface area contributed by atoms with Gasteiger partial charge in [-0.05, 0) is 104 Å². The fourth-order valence-electron chi connectivity index (χ4n) is 9.78. The van der Waals surface area contributed by atoms with E-state index in [0.717, 1.165) is 5.69 Å².